The molecule has 0 N–H and O–H groups in total. The maximum absolute atomic E-state index is 5.43. The van der Waals surface area contributed by atoms with Crippen molar-refractivity contribution in [2.75, 3.05) is 6.61 Å². The van der Waals surface area contributed by atoms with Crippen LogP contribution in [0.4, 0.5) is 0 Å². The van der Waals surface area contributed by atoms with Crippen molar-refractivity contribution in [2.45, 2.75) is 33.0 Å². The molecule has 0 aromatic carbocycles. The van der Waals surface area contributed by atoms with E-state index in [4.69, 9.17) is 3.79 Å². The molecule has 0 aromatic heterocycles. The molecule has 0 saturated carbocycles. The third-order valence-electron chi connectivity index (χ3n) is 0.801. The second-order valence-electron chi connectivity index (χ2n) is 3.45. The van der Waals surface area contributed by atoms with Crippen LogP contribution in [0.15, 0.2) is 0 Å². The third kappa shape index (κ3) is 8.49. The first-order valence-electron chi connectivity index (χ1n) is 3.49. The van der Waals surface area contributed by atoms with Crippen molar-refractivity contribution in [3.63, 3.8) is 0 Å². The molecule has 0 aliphatic heterocycles. The van der Waals surface area contributed by atoms with Crippen LogP contribution < -0.4 is 0 Å². The van der Waals surface area contributed by atoms with Gasteiger partial charge in [0.25, 0.3) is 0 Å². The quantitative estimate of drug-likeness (QED) is 0.434. The van der Waals surface area contributed by atoms with Gasteiger partial charge in [0.05, 0.1) is 0 Å². The molecular formula is C7H16AlO+. The van der Waals surface area contributed by atoms with E-state index >= 15 is 0 Å². The van der Waals surface area contributed by atoms with Gasteiger partial charge in [0.15, 0.2) is 0 Å². The molecule has 0 radical (unpaired) electrons. The van der Waals surface area contributed by atoms with Crippen LogP contribution in [0.5, 0.6) is 0 Å². The molecular weight excluding hydrogens is 127 g/mol. The van der Waals surface area contributed by atoms with Crippen molar-refractivity contribution < 1.29 is 3.79 Å². The first kappa shape index (κ1) is 9.49. The van der Waals surface area contributed by atoms with Crippen LogP contribution in [0.25, 0.3) is 0 Å². The number of hydrogen-bond donors (Lipinski definition) is 0. The average molecular weight is 143 g/mol. The minimum absolute atomic E-state index is 0.265. The zero-order valence-electron chi connectivity index (χ0n) is 6.90. The van der Waals surface area contributed by atoms with Crippen LogP contribution in [0.3, 0.4) is 0 Å². The summed E-state index contributed by atoms with van der Waals surface area (Å²) < 4.78 is 5.43. The second kappa shape index (κ2) is 4.33. The summed E-state index contributed by atoms with van der Waals surface area (Å²) in [5, 5.41) is 1.20. The standard InChI is InChI=1S/C5H11O.C2H5.Al/c1-5(2,3)4-6;1-2;/h4H2,1-3H3;1H2,2H3;/q-1;;+2. The van der Waals surface area contributed by atoms with E-state index in [0.29, 0.717) is 5.41 Å². The molecule has 0 bridgehead atoms. The molecule has 0 spiro atoms. The Kier molecular flexibility index (Phi) is 4.57. The summed E-state index contributed by atoms with van der Waals surface area (Å²) in [5.74, 6) is 0. The van der Waals surface area contributed by atoms with E-state index in [2.05, 4.69) is 27.7 Å². The second-order valence-corrected chi connectivity index (χ2v) is 4.93. The van der Waals surface area contributed by atoms with Gasteiger partial charge in [-0.2, -0.15) is 0 Å². The fourth-order valence-electron chi connectivity index (χ4n) is 0.427. The van der Waals surface area contributed by atoms with Crippen LogP contribution in [-0.4, -0.2) is 22.2 Å². The molecule has 0 heterocycles. The molecule has 1 nitrogen and oxygen atoms in total. The summed E-state index contributed by atoms with van der Waals surface area (Å²) in [5.41, 5.74) is 0.349. The van der Waals surface area contributed by atoms with Gasteiger partial charge in [-0.1, -0.05) is 0 Å². The van der Waals surface area contributed by atoms with Gasteiger partial charge >= 0.3 is 64.3 Å². The van der Waals surface area contributed by atoms with E-state index in [0.717, 1.165) is 6.61 Å². The van der Waals surface area contributed by atoms with Crippen LogP contribution in [0.1, 0.15) is 27.7 Å². The Labute approximate surface area is 64.8 Å². The SMILES string of the molecule is C[CH2][Al+][O]CC(C)(C)C. The number of rotatable bonds is 3. The van der Waals surface area contributed by atoms with E-state index in [1.165, 1.54) is 5.28 Å². The van der Waals surface area contributed by atoms with Gasteiger partial charge in [-0.3, -0.25) is 0 Å². The first-order valence-corrected chi connectivity index (χ1v) is 4.78. The molecule has 0 rings (SSSR count). The van der Waals surface area contributed by atoms with Gasteiger partial charge in [-0.15, -0.1) is 0 Å². The van der Waals surface area contributed by atoms with Gasteiger partial charge in [0.1, 0.15) is 0 Å². The van der Waals surface area contributed by atoms with Crippen molar-refractivity contribution >= 4 is 15.6 Å². The van der Waals surface area contributed by atoms with Crippen molar-refractivity contribution in [2.24, 2.45) is 5.41 Å². The Morgan fingerprint density at radius 2 is 1.89 bits per heavy atom. The maximum atomic E-state index is 5.43. The molecule has 0 aliphatic carbocycles. The summed E-state index contributed by atoms with van der Waals surface area (Å²) in [6, 6.07) is 0. The Morgan fingerprint density at radius 1 is 1.33 bits per heavy atom. The average Bonchev–Trinajstić information content (AvgIpc) is 1.63. The van der Waals surface area contributed by atoms with Crippen LogP contribution in [0, 0.1) is 5.41 Å². The third-order valence-corrected chi connectivity index (χ3v) is 1.54. The van der Waals surface area contributed by atoms with E-state index in [-0.39, 0.29) is 15.6 Å². The summed E-state index contributed by atoms with van der Waals surface area (Å²) >= 11 is 0.265. The predicted molar refractivity (Wildman–Crippen MR) is 41.6 cm³/mol. The van der Waals surface area contributed by atoms with Gasteiger partial charge in [-0.25, -0.2) is 0 Å². The Hall–Kier alpha value is 0.492. The van der Waals surface area contributed by atoms with Crippen LogP contribution in [-0.2, 0) is 3.79 Å². The summed E-state index contributed by atoms with van der Waals surface area (Å²) in [6.45, 7) is 9.67. The van der Waals surface area contributed by atoms with Gasteiger partial charge in [0, 0.05) is 0 Å². The topological polar surface area (TPSA) is 9.23 Å². The van der Waals surface area contributed by atoms with Crippen molar-refractivity contribution in [3.8, 4) is 0 Å². The zero-order chi connectivity index (χ0) is 7.33. The van der Waals surface area contributed by atoms with Gasteiger partial charge < -0.3 is 0 Å². The molecule has 0 fully saturated rings. The molecule has 0 saturated heterocycles. The van der Waals surface area contributed by atoms with Crippen LogP contribution >= 0.6 is 0 Å². The molecule has 0 unspecified atom stereocenters. The van der Waals surface area contributed by atoms with E-state index in [1.807, 2.05) is 0 Å². The Balaban J connectivity index is 3.07. The molecule has 52 valence electrons. The fourth-order valence-corrected chi connectivity index (χ4v) is 1.28. The molecule has 0 aliphatic rings. The molecule has 0 amide bonds. The predicted octanol–water partition coefficient (Wildman–Crippen LogP) is 2.11. The summed E-state index contributed by atoms with van der Waals surface area (Å²) in [7, 11) is 0. The Bertz CT molecular complexity index is 65.8. The molecule has 0 aromatic rings. The summed E-state index contributed by atoms with van der Waals surface area (Å²) in [4.78, 5) is 0. The molecule has 0 atom stereocenters. The summed E-state index contributed by atoms with van der Waals surface area (Å²) in [6.07, 6.45) is 0. The van der Waals surface area contributed by atoms with Crippen LogP contribution in [0.2, 0.25) is 5.28 Å². The molecule has 9 heavy (non-hydrogen) atoms. The number of hydrogen-bond acceptors (Lipinski definition) is 1. The van der Waals surface area contributed by atoms with Crippen molar-refractivity contribution in [1.82, 2.24) is 0 Å². The van der Waals surface area contributed by atoms with E-state index < -0.39 is 0 Å². The normalized spacial score (nSPS) is 11.1. The van der Waals surface area contributed by atoms with E-state index in [1.54, 1.807) is 0 Å². The fraction of sp³-hybridized carbons (Fsp3) is 1.00. The van der Waals surface area contributed by atoms with Gasteiger partial charge in [-0.05, 0) is 0 Å². The minimum atomic E-state index is 0.265. The Morgan fingerprint density at radius 3 is 2.22 bits per heavy atom. The van der Waals surface area contributed by atoms with Crippen molar-refractivity contribution in [3.05, 3.63) is 0 Å². The monoisotopic (exact) mass is 143 g/mol. The zero-order valence-corrected chi connectivity index (χ0v) is 8.05. The van der Waals surface area contributed by atoms with E-state index in [9.17, 15) is 0 Å². The van der Waals surface area contributed by atoms with Crippen molar-refractivity contribution in [1.29, 1.82) is 0 Å². The molecule has 2 heteroatoms. The first-order chi connectivity index (χ1) is 4.06. The van der Waals surface area contributed by atoms with Gasteiger partial charge in [0.2, 0.25) is 0 Å².